The molecule has 1 amide bonds. The van der Waals surface area contributed by atoms with E-state index in [2.05, 4.69) is 15.9 Å². The van der Waals surface area contributed by atoms with Gasteiger partial charge in [-0.2, -0.15) is 0 Å². The highest BCUT2D eigenvalue weighted by atomic mass is 19.1. The number of anilines is 1. The summed E-state index contributed by atoms with van der Waals surface area (Å²) in [5, 5.41) is 0. The summed E-state index contributed by atoms with van der Waals surface area (Å²) in [6, 6.07) is 15.0. The molecular formula is C22H26FN3O. The molecule has 27 heavy (non-hydrogen) atoms. The van der Waals surface area contributed by atoms with E-state index in [1.165, 1.54) is 11.6 Å². The van der Waals surface area contributed by atoms with Crippen LogP contribution in [-0.4, -0.2) is 55.0 Å². The highest BCUT2D eigenvalue weighted by Crippen LogP contribution is 2.21. The van der Waals surface area contributed by atoms with E-state index in [1.807, 2.05) is 35.2 Å². The number of benzene rings is 2. The molecule has 4 nitrogen and oxygen atoms in total. The van der Waals surface area contributed by atoms with Crippen LogP contribution in [0.2, 0.25) is 0 Å². The van der Waals surface area contributed by atoms with E-state index >= 15 is 0 Å². The Kier molecular flexibility index (Phi) is 5.39. The van der Waals surface area contributed by atoms with Crippen molar-refractivity contribution in [2.75, 3.05) is 44.2 Å². The summed E-state index contributed by atoms with van der Waals surface area (Å²) in [5.74, 6) is -0.00204. The molecule has 2 aromatic rings. The summed E-state index contributed by atoms with van der Waals surface area (Å²) in [4.78, 5) is 19.0. The number of hydrogen-bond donors (Lipinski definition) is 0. The standard InChI is InChI=1S/C22H26FN3O/c23-20-8-1-2-9-21(20)25-14-12-24(13-15-25)17-18-6-5-7-19(16-18)22(27)26-10-3-4-11-26/h1-2,5-9,16H,3-4,10-15,17H2. The Bertz CT molecular complexity index is 796. The number of amides is 1. The highest BCUT2D eigenvalue weighted by molar-refractivity contribution is 5.94. The van der Waals surface area contributed by atoms with Gasteiger partial charge in [-0.05, 0) is 42.7 Å². The predicted octanol–water partition coefficient (Wildman–Crippen LogP) is 3.38. The topological polar surface area (TPSA) is 26.8 Å². The molecule has 2 aliphatic heterocycles. The van der Waals surface area contributed by atoms with Gasteiger partial charge in [0.15, 0.2) is 0 Å². The van der Waals surface area contributed by atoms with E-state index in [-0.39, 0.29) is 11.7 Å². The first-order valence-corrected chi connectivity index (χ1v) is 9.81. The largest absolute Gasteiger partial charge is 0.367 e. The van der Waals surface area contributed by atoms with Crippen LogP contribution >= 0.6 is 0 Å². The summed E-state index contributed by atoms with van der Waals surface area (Å²) in [6.07, 6.45) is 2.22. The molecule has 0 aromatic heterocycles. The van der Waals surface area contributed by atoms with Crippen LogP contribution in [0.25, 0.3) is 0 Å². The smallest absolute Gasteiger partial charge is 0.253 e. The van der Waals surface area contributed by atoms with Crippen LogP contribution in [0.3, 0.4) is 0 Å². The zero-order valence-electron chi connectivity index (χ0n) is 15.6. The fraction of sp³-hybridized carbons (Fsp3) is 0.409. The quantitative estimate of drug-likeness (QED) is 0.829. The van der Waals surface area contributed by atoms with E-state index in [0.29, 0.717) is 5.69 Å². The number of carbonyl (C=O) groups is 1. The predicted molar refractivity (Wildman–Crippen MR) is 105 cm³/mol. The van der Waals surface area contributed by atoms with Crippen molar-refractivity contribution in [2.24, 2.45) is 0 Å². The monoisotopic (exact) mass is 367 g/mol. The van der Waals surface area contributed by atoms with Crippen molar-refractivity contribution >= 4 is 11.6 Å². The van der Waals surface area contributed by atoms with Crippen LogP contribution in [0.4, 0.5) is 10.1 Å². The van der Waals surface area contributed by atoms with Crippen LogP contribution in [0.1, 0.15) is 28.8 Å². The van der Waals surface area contributed by atoms with Crippen molar-refractivity contribution < 1.29 is 9.18 Å². The Balaban J connectivity index is 1.36. The number of hydrogen-bond acceptors (Lipinski definition) is 3. The first-order valence-electron chi connectivity index (χ1n) is 9.81. The van der Waals surface area contributed by atoms with Gasteiger partial charge in [0.05, 0.1) is 5.69 Å². The number of rotatable bonds is 4. The minimum atomic E-state index is -0.154. The maximum atomic E-state index is 14.0. The van der Waals surface area contributed by atoms with Crippen LogP contribution < -0.4 is 4.90 Å². The second kappa shape index (κ2) is 8.09. The van der Waals surface area contributed by atoms with Gasteiger partial charge in [0.25, 0.3) is 5.91 Å². The third kappa shape index (κ3) is 4.14. The van der Waals surface area contributed by atoms with E-state index in [1.54, 1.807) is 6.07 Å². The molecule has 2 fully saturated rings. The van der Waals surface area contributed by atoms with Crippen molar-refractivity contribution in [3.63, 3.8) is 0 Å². The number of nitrogens with zero attached hydrogens (tertiary/aromatic N) is 3. The van der Waals surface area contributed by atoms with Gasteiger partial charge in [0.1, 0.15) is 5.82 Å². The van der Waals surface area contributed by atoms with E-state index in [4.69, 9.17) is 0 Å². The number of carbonyl (C=O) groups excluding carboxylic acids is 1. The minimum Gasteiger partial charge on any atom is -0.367 e. The second-order valence-electron chi connectivity index (χ2n) is 7.41. The van der Waals surface area contributed by atoms with Crippen molar-refractivity contribution in [3.8, 4) is 0 Å². The van der Waals surface area contributed by atoms with Crippen LogP contribution in [-0.2, 0) is 6.54 Å². The first kappa shape index (κ1) is 18.0. The van der Waals surface area contributed by atoms with E-state index in [9.17, 15) is 9.18 Å². The average molecular weight is 367 g/mol. The molecule has 0 N–H and O–H groups in total. The molecule has 0 bridgehead atoms. The molecule has 0 spiro atoms. The molecule has 2 aromatic carbocycles. The SMILES string of the molecule is O=C(c1cccc(CN2CCN(c3ccccc3F)CC2)c1)N1CCCC1. The number of halogens is 1. The summed E-state index contributed by atoms with van der Waals surface area (Å²) in [5.41, 5.74) is 2.65. The number of piperazine rings is 1. The van der Waals surface area contributed by atoms with Crippen LogP contribution in [0.5, 0.6) is 0 Å². The number of para-hydroxylation sites is 1. The molecular weight excluding hydrogens is 341 g/mol. The molecule has 5 heteroatoms. The van der Waals surface area contributed by atoms with Gasteiger partial charge in [-0.25, -0.2) is 4.39 Å². The summed E-state index contributed by atoms with van der Waals surface area (Å²) in [7, 11) is 0. The molecule has 0 atom stereocenters. The van der Waals surface area contributed by atoms with Crippen molar-refractivity contribution in [3.05, 3.63) is 65.5 Å². The van der Waals surface area contributed by atoms with Gasteiger partial charge < -0.3 is 9.80 Å². The lowest BCUT2D eigenvalue weighted by molar-refractivity contribution is 0.0792. The third-order valence-electron chi connectivity index (χ3n) is 5.54. The Morgan fingerprint density at radius 1 is 0.889 bits per heavy atom. The van der Waals surface area contributed by atoms with E-state index in [0.717, 1.165) is 64.2 Å². The lowest BCUT2D eigenvalue weighted by Crippen LogP contribution is -2.46. The molecule has 0 saturated carbocycles. The highest BCUT2D eigenvalue weighted by Gasteiger charge is 2.21. The third-order valence-corrected chi connectivity index (χ3v) is 5.54. The van der Waals surface area contributed by atoms with Gasteiger partial charge in [-0.1, -0.05) is 24.3 Å². The zero-order valence-corrected chi connectivity index (χ0v) is 15.6. The maximum absolute atomic E-state index is 14.0. The van der Waals surface area contributed by atoms with E-state index < -0.39 is 0 Å². The molecule has 142 valence electrons. The molecule has 2 aliphatic rings. The normalized spacial score (nSPS) is 18.1. The van der Waals surface area contributed by atoms with Crippen molar-refractivity contribution in [1.29, 1.82) is 0 Å². The fourth-order valence-corrected chi connectivity index (χ4v) is 4.02. The second-order valence-corrected chi connectivity index (χ2v) is 7.41. The first-order chi connectivity index (χ1) is 13.2. The van der Waals surface area contributed by atoms with Gasteiger partial charge in [-0.15, -0.1) is 0 Å². The lowest BCUT2D eigenvalue weighted by Gasteiger charge is -2.36. The van der Waals surface area contributed by atoms with Crippen molar-refractivity contribution in [2.45, 2.75) is 19.4 Å². The van der Waals surface area contributed by atoms with Gasteiger partial charge in [0.2, 0.25) is 0 Å². The molecule has 0 aliphatic carbocycles. The lowest BCUT2D eigenvalue weighted by atomic mass is 10.1. The molecule has 0 unspecified atom stereocenters. The average Bonchev–Trinajstić information content (AvgIpc) is 3.24. The number of likely N-dealkylation sites (tertiary alicyclic amines) is 1. The maximum Gasteiger partial charge on any atom is 0.253 e. The summed E-state index contributed by atoms with van der Waals surface area (Å²) in [6.45, 7) is 5.98. The molecule has 4 rings (SSSR count). The van der Waals surface area contributed by atoms with Gasteiger partial charge >= 0.3 is 0 Å². The Labute approximate surface area is 160 Å². The Morgan fingerprint density at radius 3 is 2.37 bits per heavy atom. The molecule has 2 saturated heterocycles. The molecule has 2 heterocycles. The molecule has 0 radical (unpaired) electrons. The van der Waals surface area contributed by atoms with Crippen LogP contribution in [0, 0.1) is 5.82 Å². The fourth-order valence-electron chi connectivity index (χ4n) is 4.02. The van der Waals surface area contributed by atoms with Gasteiger partial charge in [0, 0.05) is 51.4 Å². The van der Waals surface area contributed by atoms with Gasteiger partial charge in [-0.3, -0.25) is 9.69 Å². The zero-order chi connectivity index (χ0) is 18.6. The summed E-state index contributed by atoms with van der Waals surface area (Å²) < 4.78 is 14.0. The Hall–Kier alpha value is -2.40. The van der Waals surface area contributed by atoms with Crippen molar-refractivity contribution in [1.82, 2.24) is 9.80 Å². The summed E-state index contributed by atoms with van der Waals surface area (Å²) >= 11 is 0. The Morgan fingerprint density at radius 2 is 1.63 bits per heavy atom. The van der Waals surface area contributed by atoms with Crippen LogP contribution in [0.15, 0.2) is 48.5 Å². The minimum absolute atomic E-state index is 0.152.